The molecule has 1 saturated heterocycles. The number of cyclic esters (lactones) is 1. The van der Waals surface area contributed by atoms with Gasteiger partial charge in [-0.05, 0) is 93.5 Å². The van der Waals surface area contributed by atoms with E-state index in [1.54, 1.807) is 54.7 Å². The molecule has 4 aromatic rings. The van der Waals surface area contributed by atoms with Crippen LogP contribution in [0.2, 0.25) is 0 Å². The molecule has 1 aromatic heterocycles. The molecule has 0 unspecified atom stereocenters. The van der Waals surface area contributed by atoms with Gasteiger partial charge in [-0.25, -0.2) is 4.79 Å². The monoisotopic (exact) mass is 1670 g/mol. The second-order valence-electron chi connectivity index (χ2n) is 28.1. The summed E-state index contributed by atoms with van der Waals surface area (Å²) in [6.45, 7) is 1.12. The first-order chi connectivity index (χ1) is 56.3. The average molecular weight is 1670 g/mol. The van der Waals surface area contributed by atoms with Crippen molar-refractivity contribution in [3.8, 4) is 0 Å². The zero-order chi connectivity index (χ0) is 88.3. The molecule has 119 heavy (non-hydrogen) atoms. The van der Waals surface area contributed by atoms with Crippen LogP contribution in [0.4, 0.5) is 5.69 Å². The van der Waals surface area contributed by atoms with E-state index in [0.717, 1.165) is 64.9 Å². The summed E-state index contributed by atoms with van der Waals surface area (Å²) < 4.78 is 5.69. The fraction of sp³-hybridized carbons (Fsp3) is 0.474. The highest BCUT2D eigenvalue weighted by Crippen LogP contribution is 2.22. The first-order valence-corrected chi connectivity index (χ1v) is 37.9. The number of aromatic amines is 1. The second-order valence-corrected chi connectivity index (χ2v) is 28.1. The third-order valence-electron chi connectivity index (χ3n) is 18.6. The van der Waals surface area contributed by atoms with E-state index in [1.807, 2.05) is 16.0 Å². The van der Waals surface area contributed by atoms with Gasteiger partial charge in [-0.3, -0.25) is 91.1 Å². The van der Waals surface area contributed by atoms with Gasteiger partial charge in [0.05, 0.1) is 51.8 Å². The molecule has 25 N–H and O–H groups in total. The number of amides is 14. The lowest BCUT2D eigenvalue weighted by molar-refractivity contribution is -0.156. The molecule has 2 heterocycles. The molecule has 14 amide bonds. The van der Waals surface area contributed by atoms with E-state index in [9.17, 15) is 121 Å². The molecular weight excluding hydrogens is 1570 g/mol. The van der Waals surface area contributed by atoms with Crippen LogP contribution in [0.25, 0.3) is 10.9 Å². The highest BCUT2D eigenvalue weighted by molar-refractivity contribution is 6.05. The number of aliphatic carboxylic acids is 4. The molecule has 5 rings (SSSR count). The average Bonchev–Trinajstić information content (AvgIpc) is 1.70. The quantitative estimate of drug-likeness (QED) is 0.00902. The number of anilines is 1. The van der Waals surface area contributed by atoms with Gasteiger partial charge in [0.2, 0.25) is 76.8 Å². The van der Waals surface area contributed by atoms with Crippen molar-refractivity contribution in [3.05, 3.63) is 101 Å². The Morgan fingerprint density at radius 2 is 1.10 bits per heavy atom. The van der Waals surface area contributed by atoms with Crippen LogP contribution in [-0.2, 0) is 104 Å². The normalized spacial score (nSPS) is 20.8. The van der Waals surface area contributed by atoms with Crippen molar-refractivity contribution in [2.45, 2.75) is 197 Å². The van der Waals surface area contributed by atoms with Crippen molar-refractivity contribution in [2.24, 2.45) is 17.4 Å². The van der Waals surface area contributed by atoms with Gasteiger partial charge in [0.15, 0.2) is 5.78 Å². The number of aliphatic hydroxyl groups is 1. The third kappa shape index (κ3) is 31.6. The molecule has 13 atom stereocenters. The zero-order valence-electron chi connectivity index (χ0n) is 65.5. The number of aliphatic hydroxyl groups excluding tert-OH is 1. The number of ether oxygens (including phenoxy) is 1. The minimum Gasteiger partial charge on any atom is -0.481 e. The van der Waals surface area contributed by atoms with Crippen molar-refractivity contribution >= 4 is 135 Å². The number of aromatic nitrogens is 1. The van der Waals surface area contributed by atoms with Crippen molar-refractivity contribution in [1.29, 1.82) is 0 Å². The summed E-state index contributed by atoms with van der Waals surface area (Å²) in [4.78, 5) is 278. The topological polar surface area (TPSA) is 702 Å². The Hall–Kier alpha value is -13.5. The minimum absolute atomic E-state index is 0.0981. The number of rotatable bonds is 34. The van der Waals surface area contributed by atoms with Gasteiger partial charge in [-0.1, -0.05) is 82.0 Å². The lowest BCUT2D eigenvalue weighted by Crippen LogP contribution is -2.62. The standard InChI is InChI=1S/C76H101N17O26/c1-5-6-7-8-9-15-40-21-23-41(24-22-40)66(108)87-48(27-42-33-80-46-19-13-11-16-43(42)46)70(112)88-49(29-56(79)96)71(113)90-52(32-62(105)106)72(114)93-64-39(4)119-76(118)53(28-55(95)44-17-10-12-18-45(44)78)91-75(117)63(37(2)26-59(99)100)92-73(115)54(36-94)85-58(98)34-81-67(109)50(30-60(101)102)86-65(107)38(3)83-69(111)51(31-61(103)104)89-68(110)47(20-14-25-77)84-57(97)35-82-74(64)116/h10-13,16-19,21-24,33,37-39,47-54,63-64,80,94H,5-9,14-15,20,25-32,34-36,77-78H2,1-4H3,(H2,79,96)(H,81,109)(H,82,116)(H,83,111)(H,84,97)(H,85,98)(H,86,107)(H,87,108)(H,88,112)(H,89,110)(H,90,113)(H,91,117)(H,92,115)(H,93,114)(H,99,100)(H,101,102)(H,103,104)(H,105,106)/t37-,38-,39-,47+,48+,49-,50+,51+,52+,53+,54-,63+,64+/m1/s1. The number of aryl methyl sites for hydroxylation is 1. The number of nitrogen functional groups attached to an aromatic ring is 1. The predicted molar refractivity (Wildman–Crippen MR) is 416 cm³/mol. The highest BCUT2D eigenvalue weighted by Gasteiger charge is 2.41. The summed E-state index contributed by atoms with van der Waals surface area (Å²) in [5.41, 5.74) is 19.1. The van der Waals surface area contributed by atoms with E-state index in [-0.39, 0.29) is 36.2 Å². The molecule has 646 valence electrons. The maximum Gasteiger partial charge on any atom is 0.329 e. The van der Waals surface area contributed by atoms with E-state index in [2.05, 4.69) is 65.1 Å². The van der Waals surface area contributed by atoms with Crippen molar-refractivity contribution in [2.75, 3.05) is 32.0 Å². The number of carbonyl (C=O) groups is 20. The second kappa shape index (κ2) is 47.5. The van der Waals surface area contributed by atoms with E-state index in [1.165, 1.54) is 24.3 Å². The number of esters is 1. The van der Waals surface area contributed by atoms with Gasteiger partial charge < -0.3 is 122 Å². The van der Waals surface area contributed by atoms with Crippen molar-refractivity contribution in [1.82, 2.24) is 74.1 Å². The molecule has 0 radical (unpaired) electrons. The number of fused-ring (bicyclic) bond motifs is 1. The number of primary amides is 1. The van der Waals surface area contributed by atoms with Crippen LogP contribution in [0.1, 0.15) is 143 Å². The summed E-state index contributed by atoms with van der Waals surface area (Å²) >= 11 is 0. The van der Waals surface area contributed by atoms with Crippen LogP contribution >= 0.6 is 0 Å². The number of Topliss-reactive ketones (excluding diaryl/α,β-unsaturated/α-hetero) is 1. The third-order valence-corrected chi connectivity index (χ3v) is 18.6. The molecule has 0 aliphatic carbocycles. The predicted octanol–water partition coefficient (Wildman–Crippen LogP) is -4.94. The fourth-order valence-corrected chi connectivity index (χ4v) is 12.2. The van der Waals surface area contributed by atoms with Gasteiger partial charge in [0.1, 0.15) is 72.6 Å². The van der Waals surface area contributed by atoms with Crippen LogP contribution in [-0.4, -0.2) is 248 Å². The first kappa shape index (κ1) is 96.1. The Morgan fingerprint density at radius 3 is 1.71 bits per heavy atom. The SMILES string of the molecule is CCCCCCCc1ccc(C(=O)N[C@@H](Cc2c[nH]c3ccccc23)C(=O)N[C@H](CC(N)=O)C(=O)N[C@@H](CC(=O)O)C(=O)N[C@@H]2C(=O)NCC(=O)N[C@@H](CCCN)C(=O)N[C@@H](CC(=O)O)C(=O)N[C@H](C)C(=O)N[C@@H](CC(=O)O)C(=O)NCC(=O)N[C@H](CO)C(=O)N[C@@H]([C@H](C)CC(=O)O)C(=O)N[C@@H](CC(=O)c3ccccc3N)C(=O)O[C@@H]2C)cc1. The molecule has 1 aliphatic rings. The molecule has 0 saturated carbocycles. The number of H-pyrrole nitrogens is 1. The van der Waals surface area contributed by atoms with Crippen molar-refractivity contribution < 1.29 is 126 Å². The molecule has 43 nitrogen and oxygen atoms in total. The summed E-state index contributed by atoms with van der Waals surface area (Å²) in [5, 5.41) is 78.8. The Labute approximate surface area is 679 Å². The van der Waals surface area contributed by atoms with Crippen molar-refractivity contribution in [3.63, 3.8) is 0 Å². The maximum absolute atomic E-state index is 14.9. The Kier molecular flexibility index (Phi) is 38.4. The van der Waals surface area contributed by atoms with Crippen LogP contribution in [0, 0.1) is 5.92 Å². The molecule has 0 bridgehead atoms. The summed E-state index contributed by atoms with van der Waals surface area (Å²) in [5.74, 6) is -30.1. The van der Waals surface area contributed by atoms with E-state index >= 15 is 0 Å². The molecule has 1 fully saturated rings. The number of nitrogens with one attached hydrogen (secondary N) is 14. The zero-order valence-corrected chi connectivity index (χ0v) is 65.5. The first-order valence-electron chi connectivity index (χ1n) is 37.9. The van der Waals surface area contributed by atoms with E-state index in [4.69, 9.17) is 21.9 Å². The lowest BCUT2D eigenvalue weighted by atomic mass is 9.96. The smallest absolute Gasteiger partial charge is 0.329 e. The molecule has 3 aromatic carbocycles. The summed E-state index contributed by atoms with van der Waals surface area (Å²) in [6, 6.07) is -4.17. The van der Waals surface area contributed by atoms with E-state index in [0.29, 0.717) is 16.5 Å². The Morgan fingerprint density at radius 1 is 0.546 bits per heavy atom. The van der Waals surface area contributed by atoms with Crippen LogP contribution < -0.4 is 86.3 Å². The highest BCUT2D eigenvalue weighted by atomic mass is 16.5. The van der Waals surface area contributed by atoms with Crippen LogP contribution in [0.15, 0.2) is 79.0 Å². The number of nitrogens with two attached hydrogens (primary N) is 3. The van der Waals surface area contributed by atoms with Gasteiger partial charge in [-0.2, -0.15) is 0 Å². The van der Waals surface area contributed by atoms with Crippen LogP contribution in [0.3, 0.4) is 0 Å². The largest absolute Gasteiger partial charge is 0.481 e. The molecule has 1 aliphatic heterocycles. The number of carboxylic acids is 4. The number of hydrogen-bond acceptors (Lipinski definition) is 24. The van der Waals surface area contributed by atoms with Gasteiger partial charge in [0, 0.05) is 46.8 Å². The van der Waals surface area contributed by atoms with Crippen LogP contribution in [0.5, 0.6) is 0 Å². The summed E-state index contributed by atoms with van der Waals surface area (Å²) in [6.07, 6.45) is -2.63. The lowest BCUT2D eigenvalue weighted by Gasteiger charge is -2.30. The maximum atomic E-state index is 14.9. The van der Waals surface area contributed by atoms with Gasteiger partial charge >= 0.3 is 29.8 Å². The number of unbranched alkanes of at least 4 members (excludes halogenated alkanes) is 4. The number of carbonyl (C=O) groups excluding carboxylic acids is 16. The number of carboxylic acid groups (broad SMARTS) is 4. The number of benzene rings is 3. The number of hydrogen-bond donors (Lipinski definition) is 22. The fourth-order valence-electron chi connectivity index (χ4n) is 12.2. The minimum atomic E-state index is -2.46. The number of para-hydroxylation sites is 2. The Balaban J connectivity index is 1.60. The number of ketones is 1. The molecule has 0 spiro atoms. The molecular formula is C76H101N17O26. The van der Waals surface area contributed by atoms with E-state index < -0.39 is 261 Å². The molecule has 43 heteroatoms. The van der Waals surface area contributed by atoms with Gasteiger partial charge in [0.25, 0.3) is 5.91 Å². The van der Waals surface area contributed by atoms with Gasteiger partial charge in [-0.15, -0.1) is 0 Å². The summed E-state index contributed by atoms with van der Waals surface area (Å²) in [7, 11) is 0. The Bertz CT molecular complexity index is 4380.